The van der Waals surface area contributed by atoms with Gasteiger partial charge in [-0.25, -0.2) is 0 Å². The molecule has 8 heteroatoms. The summed E-state index contributed by atoms with van der Waals surface area (Å²) in [4.78, 5) is 11.6. The molecule has 0 saturated heterocycles. The van der Waals surface area contributed by atoms with E-state index in [1.54, 1.807) is 24.3 Å². The number of hydrogen-bond donors (Lipinski definition) is 5. The molecule has 0 aliphatic heterocycles. The second-order valence-electron chi connectivity index (χ2n) is 7.70. The maximum atomic E-state index is 11.6. The first-order chi connectivity index (χ1) is 15.7. The van der Waals surface area contributed by atoms with E-state index in [1.165, 1.54) is 26.2 Å². The van der Waals surface area contributed by atoms with Gasteiger partial charge in [0.25, 0.3) is 0 Å². The number of aliphatic hydroxyl groups is 1. The van der Waals surface area contributed by atoms with Crippen molar-refractivity contribution in [3.05, 3.63) is 70.8 Å². The number of ketones is 1. The molecule has 0 heterocycles. The van der Waals surface area contributed by atoms with Crippen molar-refractivity contribution in [2.45, 2.75) is 25.9 Å². The molecule has 0 amide bonds. The summed E-state index contributed by atoms with van der Waals surface area (Å²) in [5.41, 5.74) is 1.45. The third-order valence-electron chi connectivity index (χ3n) is 5.38. The fourth-order valence-electron chi connectivity index (χ4n) is 3.71. The maximum absolute atomic E-state index is 11.6. The minimum atomic E-state index is -1.11. The van der Waals surface area contributed by atoms with Crippen LogP contribution >= 0.6 is 0 Å². The molecule has 174 valence electrons. The van der Waals surface area contributed by atoms with Crippen LogP contribution in [0.25, 0.3) is 0 Å². The zero-order valence-electron chi connectivity index (χ0n) is 18.4. The molecule has 3 aromatic rings. The third-order valence-corrected chi connectivity index (χ3v) is 5.38. The van der Waals surface area contributed by atoms with Gasteiger partial charge in [0.15, 0.2) is 17.3 Å². The number of rotatable bonds is 8. The predicted octanol–water partition coefficient (Wildman–Crippen LogP) is 3.60. The Morgan fingerprint density at radius 1 is 0.879 bits per heavy atom. The number of aliphatic hydroxyl groups excluding tert-OH is 1. The lowest BCUT2D eigenvalue weighted by Gasteiger charge is -2.29. The molecule has 0 fully saturated rings. The molecule has 0 aromatic heterocycles. The Balaban J connectivity index is 2.14. The van der Waals surface area contributed by atoms with Gasteiger partial charge >= 0.3 is 0 Å². The van der Waals surface area contributed by atoms with Crippen LogP contribution in [0.4, 0.5) is 0 Å². The Hall–Kier alpha value is -3.91. The van der Waals surface area contributed by atoms with Gasteiger partial charge in [-0.1, -0.05) is 23.8 Å². The van der Waals surface area contributed by atoms with E-state index in [0.29, 0.717) is 16.9 Å². The van der Waals surface area contributed by atoms with E-state index < -0.39 is 35.9 Å². The lowest BCUT2D eigenvalue weighted by Crippen LogP contribution is -2.30. The fourth-order valence-corrected chi connectivity index (χ4v) is 3.71. The third kappa shape index (κ3) is 4.96. The Morgan fingerprint density at radius 3 is 2.21 bits per heavy atom. The van der Waals surface area contributed by atoms with Gasteiger partial charge < -0.3 is 35.0 Å². The van der Waals surface area contributed by atoms with Crippen LogP contribution in [0.5, 0.6) is 34.5 Å². The van der Waals surface area contributed by atoms with Crippen molar-refractivity contribution < 1.29 is 39.8 Å². The number of benzene rings is 3. The number of carbonyl (C=O) groups is 1. The van der Waals surface area contributed by atoms with E-state index in [1.807, 2.05) is 6.92 Å². The van der Waals surface area contributed by atoms with Gasteiger partial charge in [0.1, 0.15) is 29.1 Å². The van der Waals surface area contributed by atoms with Gasteiger partial charge in [0.05, 0.1) is 25.2 Å². The van der Waals surface area contributed by atoms with Gasteiger partial charge in [-0.15, -0.1) is 0 Å². The molecule has 2 atom stereocenters. The van der Waals surface area contributed by atoms with Crippen LogP contribution in [0.1, 0.15) is 39.9 Å². The summed E-state index contributed by atoms with van der Waals surface area (Å²) in [7, 11) is 1.46. The second-order valence-corrected chi connectivity index (χ2v) is 7.70. The summed E-state index contributed by atoms with van der Waals surface area (Å²) < 4.78 is 11.0. The minimum absolute atomic E-state index is 0.0816. The summed E-state index contributed by atoms with van der Waals surface area (Å²) >= 11 is 0. The highest BCUT2D eigenvalue weighted by atomic mass is 16.5. The number of phenols is 4. The van der Waals surface area contributed by atoms with Crippen LogP contribution in [-0.2, 0) is 0 Å². The number of Topliss-reactive ketones (excluding diaryl/α,β-unsaturated/α-hetero) is 1. The normalized spacial score (nSPS) is 12.7. The molecule has 5 N–H and O–H groups in total. The highest BCUT2D eigenvalue weighted by Gasteiger charge is 2.32. The molecule has 0 radical (unpaired) electrons. The van der Waals surface area contributed by atoms with Crippen LogP contribution in [0.15, 0.2) is 48.5 Å². The summed E-state index contributed by atoms with van der Waals surface area (Å²) in [5.74, 6) is -2.14. The Bertz CT molecular complexity index is 1170. The van der Waals surface area contributed by atoms with Gasteiger partial charge in [0, 0.05) is 23.3 Å². The number of phenolic OH excluding ortho intramolecular Hbond substituents is 4. The molecular weight excluding hydrogens is 428 g/mol. The molecule has 3 rings (SSSR count). The van der Waals surface area contributed by atoms with Gasteiger partial charge in [0.2, 0.25) is 0 Å². The molecule has 33 heavy (non-hydrogen) atoms. The van der Waals surface area contributed by atoms with Crippen LogP contribution in [0.2, 0.25) is 0 Å². The van der Waals surface area contributed by atoms with Gasteiger partial charge in [-0.05, 0) is 32.0 Å². The van der Waals surface area contributed by atoms with E-state index in [9.17, 15) is 30.3 Å². The number of aromatic hydroxyl groups is 4. The quantitative estimate of drug-likeness (QED) is 0.257. The van der Waals surface area contributed by atoms with Gasteiger partial charge in [-0.3, -0.25) is 4.79 Å². The van der Waals surface area contributed by atoms with E-state index in [-0.39, 0.29) is 22.8 Å². The minimum Gasteiger partial charge on any atom is -0.508 e. The van der Waals surface area contributed by atoms with Crippen LogP contribution in [0.3, 0.4) is 0 Å². The summed E-state index contributed by atoms with van der Waals surface area (Å²) in [6.45, 7) is 2.50. The Kier molecular flexibility index (Phi) is 6.98. The number of aryl methyl sites for hydroxylation is 1. The highest BCUT2D eigenvalue weighted by Crippen LogP contribution is 2.42. The van der Waals surface area contributed by atoms with Crippen LogP contribution in [-0.4, -0.2) is 51.1 Å². The monoisotopic (exact) mass is 454 g/mol. The standard InChI is InChI=1S/C25H26O8/c1-13-4-7-19(28)18(8-13)25(16-6-5-15(32-3)9-20(16)29)24(12-26)33-23-11-21(30)17(14(2)27)10-22(23)31/h4-11,24-26,28-31H,12H2,1-3H3. The lowest BCUT2D eigenvalue weighted by molar-refractivity contribution is 0.0974. The summed E-state index contributed by atoms with van der Waals surface area (Å²) in [6, 6.07) is 11.7. The van der Waals surface area contributed by atoms with Crippen LogP contribution < -0.4 is 9.47 Å². The molecule has 8 nitrogen and oxygen atoms in total. The van der Waals surface area contributed by atoms with Crippen molar-refractivity contribution in [2.24, 2.45) is 0 Å². The van der Waals surface area contributed by atoms with E-state index in [2.05, 4.69) is 0 Å². The van der Waals surface area contributed by atoms with E-state index in [0.717, 1.165) is 17.7 Å². The predicted molar refractivity (Wildman–Crippen MR) is 121 cm³/mol. The lowest BCUT2D eigenvalue weighted by atomic mass is 9.84. The second kappa shape index (κ2) is 9.70. The number of hydrogen-bond acceptors (Lipinski definition) is 8. The van der Waals surface area contributed by atoms with Crippen molar-refractivity contribution in [1.82, 2.24) is 0 Å². The molecule has 3 aromatic carbocycles. The average Bonchev–Trinajstić information content (AvgIpc) is 2.78. The summed E-state index contributed by atoms with van der Waals surface area (Å²) in [5, 5.41) is 52.0. The van der Waals surface area contributed by atoms with Crippen molar-refractivity contribution in [3.8, 4) is 34.5 Å². The SMILES string of the molecule is COc1ccc(C(c2cc(C)ccc2O)C(CO)Oc2cc(O)c(C(C)=O)cc2O)c(O)c1. The van der Waals surface area contributed by atoms with Crippen molar-refractivity contribution in [2.75, 3.05) is 13.7 Å². The van der Waals surface area contributed by atoms with Crippen molar-refractivity contribution >= 4 is 5.78 Å². The molecule has 0 aliphatic rings. The smallest absolute Gasteiger partial charge is 0.165 e. The van der Waals surface area contributed by atoms with Gasteiger partial charge in [-0.2, -0.15) is 0 Å². The topological polar surface area (TPSA) is 137 Å². The molecule has 0 aliphatic carbocycles. The first kappa shape index (κ1) is 23.7. The van der Waals surface area contributed by atoms with Crippen LogP contribution in [0, 0.1) is 6.92 Å². The maximum Gasteiger partial charge on any atom is 0.165 e. The van der Waals surface area contributed by atoms with E-state index >= 15 is 0 Å². The molecular formula is C25H26O8. The first-order valence-electron chi connectivity index (χ1n) is 10.2. The summed E-state index contributed by atoms with van der Waals surface area (Å²) in [6.07, 6.45) is -1.11. The first-order valence-corrected chi connectivity index (χ1v) is 10.2. The highest BCUT2D eigenvalue weighted by molar-refractivity contribution is 5.97. The van der Waals surface area contributed by atoms with E-state index in [4.69, 9.17) is 9.47 Å². The fraction of sp³-hybridized carbons (Fsp3) is 0.240. The molecule has 0 spiro atoms. The average molecular weight is 454 g/mol. The van der Waals surface area contributed by atoms with Crippen molar-refractivity contribution in [1.29, 1.82) is 0 Å². The zero-order chi connectivity index (χ0) is 24.3. The largest absolute Gasteiger partial charge is 0.508 e. The number of carbonyl (C=O) groups excluding carboxylic acids is 1. The molecule has 0 bridgehead atoms. The molecule has 0 saturated carbocycles. The Morgan fingerprint density at radius 2 is 1.61 bits per heavy atom. The Labute approximate surface area is 190 Å². The molecule has 2 unspecified atom stereocenters. The van der Waals surface area contributed by atoms with Crippen molar-refractivity contribution in [3.63, 3.8) is 0 Å². The zero-order valence-corrected chi connectivity index (χ0v) is 18.4. The number of ether oxygens (including phenoxy) is 2. The number of methoxy groups -OCH3 is 1.